The molecule has 6 aromatic carbocycles. The molecular weight excluding hydrogens is 757 g/mol. The highest BCUT2D eigenvalue weighted by Gasteiger charge is 2.18. The van der Waals surface area contributed by atoms with Crippen LogP contribution in [0.2, 0.25) is 0 Å². The minimum absolute atomic E-state index is 0.0836. The van der Waals surface area contributed by atoms with E-state index in [1.54, 1.807) is 24.8 Å². The van der Waals surface area contributed by atoms with Crippen molar-refractivity contribution in [2.24, 2.45) is 0 Å². The average Bonchev–Trinajstić information content (AvgIpc) is 3.37. The van der Waals surface area contributed by atoms with Crippen molar-refractivity contribution in [3.05, 3.63) is 242 Å². The molecule has 0 N–H and O–H groups in total. The van der Waals surface area contributed by atoms with Gasteiger partial charge in [-0.05, 0) is 154 Å². The van der Waals surface area contributed by atoms with E-state index >= 15 is 4.79 Å². The summed E-state index contributed by atoms with van der Waals surface area (Å²) in [4.78, 5) is 33.8. The molecule has 4 aromatic heterocycles. The van der Waals surface area contributed by atoms with Crippen molar-refractivity contribution >= 4 is 5.78 Å². The van der Waals surface area contributed by atoms with E-state index in [2.05, 4.69) is 105 Å². The highest BCUT2D eigenvalue weighted by molar-refractivity contribution is 6.11. The summed E-state index contributed by atoms with van der Waals surface area (Å²) in [6.45, 7) is 0. The molecule has 4 heterocycles. The monoisotopic (exact) mass is 794 g/mol. The Balaban J connectivity index is 1.13. The van der Waals surface area contributed by atoms with E-state index < -0.39 is 0 Å². The molecule has 0 fully saturated rings. The van der Waals surface area contributed by atoms with Crippen molar-refractivity contribution in [2.45, 2.75) is 0 Å². The molecule has 5 nitrogen and oxygen atoms in total. The molecule has 0 amide bonds. The Morgan fingerprint density at radius 3 is 0.726 bits per heavy atom. The number of carbonyl (C=O) groups is 1. The van der Waals surface area contributed by atoms with E-state index in [1.165, 1.54) is 0 Å². The molecule has 0 aliphatic rings. The zero-order valence-electron chi connectivity index (χ0n) is 33.6. The summed E-state index contributed by atoms with van der Waals surface area (Å²) in [6.07, 6.45) is 7.22. The van der Waals surface area contributed by atoms with Crippen LogP contribution < -0.4 is 0 Å². The summed E-state index contributed by atoms with van der Waals surface area (Å²) in [6, 6.07) is 69.4. The van der Waals surface area contributed by atoms with Gasteiger partial charge in [0.05, 0.1) is 22.8 Å². The quantitative estimate of drug-likeness (QED) is 0.129. The van der Waals surface area contributed by atoms with E-state index in [0.29, 0.717) is 11.1 Å². The molecule has 0 bridgehead atoms. The van der Waals surface area contributed by atoms with E-state index in [4.69, 9.17) is 0 Å². The Hall–Kier alpha value is -8.41. The van der Waals surface area contributed by atoms with E-state index in [0.717, 1.165) is 89.5 Å². The SMILES string of the molecule is O=C(c1cc(-c2cccc(-c3ccccn3)c2)cc(-c2cccc(-c3ccccn3)c2)c1)c1cc(-c2cccc(-c3ccccn3)c2)cc(-c2cccc(-c3ccccn3)c2)c1. The topological polar surface area (TPSA) is 68.6 Å². The van der Waals surface area contributed by atoms with Crippen LogP contribution in [0.4, 0.5) is 0 Å². The molecule has 10 aromatic rings. The van der Waals surface area contributed by atoms with Gasteiger partial charge in [-0.25, -0.2) is 0 Å². The summed E-state index contributed by atoms with van der Waals surface area (Å²) < 4.78 is 0. The van der Waals surface area contributed by atoms with Crippen LogP contribution in [0.3, 0.4) is 0 Å². The fourth-order valence-corrected chi connectivity index (χ4v) is 7.92. The van der Waals surface area contributed by atoms with E-state index in [9.17, 15) is 0 Å². The van der Waals surface area contributed by atoms with Crippen LogP contribution in [0.25, 0.3) is 89.5 Å². The smallest absolute Gasteiger partial charge is 0.193 e. The van der Waals surface area contributed by atoms with Crippen LogP contribution in [0.1, 0.15) is 15.9 Å². The number of carbonyl (C=O) groups excluding carboxylic acids is 1. The molecule has 0 saturated carbocycles. The summed E-state index contributed by atoms with van der Waals surface area (Å²) in [5.41, 5.74) is 16.3. The van der Waals surface area contributed by atoms with Crippen molar-refractivity contribution in [1.29, 1.82) is 0 Å². The fourth-order valence-electron chi connectivity index (χ4n) is 7.92. The average molecular weight is 795 g/mol. The molecule has 292 valence electrons. The predicted octanol–water partition coefficient (Wildman–Crippen LogP) is 13.8. The lowest BCUT2D eigenvalue weighted by molar-refractivity contribution is 0.103. The van der Waals surface area contributed by atoms with Crippen molar-refractivity contribution in [1.82, 2.24) is 19.9 Å². The molecular formula is C57H38N4O. The summed E-state index contributed by atoms with van der Waals surface area (Å²) in [7, 11) is 0. The van der Waals surface area contributed by atoms with Gasteiger partial charge in [-0.1, -0.05) is 97.1 Å². The number of hydrogen-bond donors (Lipinski definition) is 0. The molecule has 0 unspecified atom stereocenters. The number of hydrogen-bond acceptors (Lipinski definition) is 5. The van der Waals surface area contributed by atoms with Gasteiger partial charge < -0.3 is 0 Å². The Morgan fingerprint density at radius 1 is 0.242 bits per heavy atom. The molecule has 62 heavy (non-hydrogen) atoms. The molecule has 0 saturated heterocycles. The normalized spacial score (nSPS) is 11.0. The van der Waals surface area contributed by atoms with Gasteiger partial charge in [-0.15, -0.1) is 0 Å². The zero-order valence-corrected chi connectivity index (χ0v) is 33.6. The largest absolute Gasteiger partial charge is 0.289 e. The Labute approximate surface area is 360 Å². The third-order valence-electron chi connectivity index (χ3n) is 11.0. The van der Waals surface area contributed by atoms with Crippen LogP contribution in [-0.4, -0.2) is 25.7 Å². The first-order valence-electron chi connectivity index (χ1n) is 20.5. The van der Waals surface area contributed by atoms with E-state index in [-0.39, 0.29) is 5.78 Å². The standard InChI is InChI=1S/C57H38N4O/c62-57(51-35-47(39-13-9-17-43(29-39)53-21-1-5-25-58-53)33-48(36-51)40-14-10-18-44(30-40)54-22-2-6-26-59-54)52-37-49(41-15-11-19-45(31-41)55-23-3-7-27-60-55)34-50(38-52)42-16-12-20-46(32-42)56-24-4-8-28-61-56/h1-38H. The van der Waals surface area contributed by atoms with Gasteiger partial charge in [-0.2, -0.15) is 0 Å². The lowest BCUT2D eigenvalue weighted by atomic mass is 9.89. The molecule has 10 rings (SSSR count). The van der Waals surface area contributed by atoms with Crippen molar-refractivity contribution in [3.63, 3.8) is 0 Å². The van der Waals surface area contributed by atoms with Crippen LogP contribution in [0, 0.1) is 0 Å². The van der Waals surface area contributed by atoms with Gasteiger partial charge in [0.2, 0.25) is 0 Å². The fraction of sp³-hybridized carbons (Fsp3) is 0. The molecule has 0 spiro atoms. The summed E-state index contributed by atoms with van der Waals surface area (Å²) in [5, 5.41) is 0. The first-order valence-corrected chi connectivity index (χ1v) is 20.5. The lowest BCUT2D eigenvalue weighted by Gasteiger charge is -2.15. The maximum Gasteiger partial charge on any atom is 0.193 e. The summed E-state index contributed by atoms with van der Waals surface area (Å²) >= 11 is 0. The van der Waals surface area contributed by atoms with Crippen LogP contribution >= 0.6 is 0 Å². The van der Waals surface area contributed by atoms with Gasteiger partial charge in [0.1, 0.15) is 0 Å². The maximum absolute atomic E-state index is 15.3. The van der Waals surface area contributed by atoms with Crippen molar-refractivity contribution in [2.75, 3.05) is 0 Å². The third-order valence-corrected chi connectivity index (χ3v) is 11.0. The van der Waals surface area contributed by atoms with Gasteiger partial charge in [0.15, 0.2) is 5.78 Å². The Kier molecular flexibility index (Phi) is 10.4. The number of aromatic nitrogens is 4. The number of ketones is 1. The number of rotatable bonds is 10. The number of benzene rings is 6. The Morgan fingerprint density at radius 2 is 0.484 bits per heavy atom. The zero-order chi connectivity index (χ0) is 41.7. The molecule has 5 heteroatoms. The highest BCUT2D eigenvalue weighted by atomic mass is 16.1. The second-order valence-corrected chi connectivity index (χ2v) is 15.1. The first-order chi connectivity index (χ1) is 30.6. The maximum atomic E-state index is 15.3. The summed E-state index contributed by atoms with van der Waals surface area (Å²) in [5.74, 6) is -0.0836. The molecule has 0 radical (unpaired) electrons. The van der Waals surface area contributed by atoms with Gasteiger partial charge in [0, 0.05) is 58.2 Å². The second kappa shape index (κ2) is 17.1. The molecule has 0 aliphatic carbocycles. The highest BCUT2D eigenvalue weighted by Crippen LogP contribution is 2.36. The number of nitrogens with zero attached hydrogens (tertiary/aromatic N) is 4. The van der Waals surface area contributed by atoms with Crippen LogP contribution in [0.5, 0.6) is 0 Å². The molecule has 0 aliphatic heterocycles. The third kappa shape index (κ3) is 8.11. The van der Waals surface area contributed by atoms with Crippen molar-refractivity contribution in [3.8, 4) is 89.5 Å². The minimum atomic E-state index is -0.0836. The van der Waals surface area contributed by atoms with Crippen molar-refractivity contribution < 1.29 is 4.79 Å². The minimum Gasteiger partial charge on any atom is -0.289 e. The lowest BCUT2D eigenvalue weighted by Crippen LogP contribution is -2.03. The van der Waals surface area contributed by atoms with Gasteiger partial charge in [-0.3, -0.25) is 24.7 Å². The molecule has 0 atom stereocenters. The van der Waals surface area contributed by atoms with Crippen LogP contribution in [0.15, 0.2) is 231 Å². The van der Waals surface area contributed by atoms with Crippen LogP contribution in [-0.2, 0) is 0 Å². The van der Waals surface area contributed by atoms with E-state index in [1.807, 2.05) is 121 Å². The number of pyridine rings is 4. The predicted molar refractivity (Wildman–Crippen MR) is 251 cm³/mol. The van der Waals surface area contributed by atoms with Gasteiger partial charge >= 0.3 is 0 Å². The van der Waals surface area contributed by atoms with Gasteiger partial charge in [0.25, 0.3) is 0 Å². The Bertz CT molecular complexity index is 2770. The first kappa shape index (κ1) is 37.8. The second-order valence-electron chi connectivity index (χ2n) is 15.1.